The number of ether oxygens (including phenoxy) is 1. The lowest BCUT2D eigenvalue weighted by atomic mass is 10.0. The second-order valence-electron chi connectivity index (χ2n) is 6.35. The Kier molecular flexibility index (Phi) is 5.40. The largest absolute Gasteiger partial charge is 0.491 e. The van der Waals surface area contributed by atoms with Gasteiger partial charge in [0.15, 0.2) is 11.2 Å². The van der Waals surface area contributed by atoms with Crippen molar-refractivity contribution in [3.63, 3.8) is 0 Å². The predicted octanol–water partition coefficient (Wildman–Crippen LogP) is 3.28. The zero-order valence-corrected chi connectivity index (χ0v) is 16.3. The summed E-state index contributed by atoms with van der Waals surface area (Å²) in [4.78, 5) is 36.0. The van der Waals surface area contributed by atoms with Gasteiger partial charge in [-0.2, -0.15) is 0 Å². The van der Waals surface area contributed by atoms with E-state index in [1.165, 1.54) is 29.4 Å². The fourth-order valence-corrected chi connectivity index (χ4v) is 3.15. The smallest absolute Gasteiger partial charge is 0.335 e. The molecule has 8 nitrogen and oxygen atoms in total. The van der Waals surface area contributed by atoms with Gasteiger partial charge < -0.3 is 9.84 Å². The van der Waals surface area contributed by atoms with Crippen molar-refractivity contribution in [3.8, 4) is 16.9 Å². The summed E-state index contributed by atoms with van der Waals surface area (Å²) in [5.41, 5.74) is 1.65. The monoisotopic (exact) mass is 422 g/mol. The van der Waals surface area contributed by atoms with E-state index in [1.807, 2.05) is 0 Å². The van der Waals surface area contributed by atoms with Gasteiger partial charge in [0.25, 0.3) is 5.56 Å². The number of hydrogen-bond donors (Lipinski definition) is 1. The molecular formula is C21H15ClN4O4. The van der Waals surface area contributed by atoms with Gasteiger partial charge in [-0.25, -0.2) is 19.7 Å². The topological polar surface area (TPSA) is 107 Å². The molecule has 0 fully saturated rings. The van der Waals surface area contributed by atoms with Crippen molar-refractivity contribution in [1.29, 1.82) is 0 Å². The Hall–Kier alpha value is -3.78. The molecule has 30 heavy (non-hydrogen) atoms. The molecule has 0 bridgehead atoms. The van der Waals surface area contributed by atoms with Crippen LogP contribution in [0.1, 0.15) is 10.4 Å². The molecule has 4 aromatic rings. The first kappa shape index (κ1) is 19.5. The lowest BCUT2D eigenvalue weighted by molar-refractivity contribution is 0.0697. The van der Waals surface area contributed by atoms with Gasteiger partial charge >= 0.3 is 5.97 Å². The number of aromatic carboxylic acids is 1. The fourth-order valence-electron chi connectivity index (χ4n) is 2.98. The third-order valence-electron chi connectivity index (χ3n) is 4.41. The summed E-state index contributed by atoms with van der Waals surface area (Å²) in [6.45, 7) is 0.427. The lowest BCUT2D eigenvalue weighted by Crippen LogP contribution is -2.24. The zero-order chi connectivity index (χ0) is 21.1. The van der Waals surface area contributed by atoms with Crippen LogP contribution in [0.4, 0.5) is 0 Å². The third kappa shape index (κ3) is 3.99. The Morgan fingerprint density at radius 3 is 2.77 bits per heavy atom. The Bertz CT molecular complexity index is 1310. The van der Waals surface area contributed by atoms with Crippen molar-refractivity contribution in [2.45, 2.75) is 6.54 Å². The highest BCUT2D eigenvalue weighted by atomic mass is 35.5. The highest BCUT2D eigenvalue weighted by Crippen LogP contribution is 2.33. The van der Waals surface area contributed by atoms with Crippen LogP contribution in [0.25, 0.3) is 22.3 Å². The molecule has 0 atom stereocenters. The Morgan fingerprint density at radius 2 is 1.93 bits per heavy atom. The summed E-state index contributed by atoms with van der Waals surface area (Å²) in [6.07, 6.45) is 4.32. The van der Waals surface area contributed by atoms with E-state index in [4.69, 9.17) is 16.3 Å². The normalized spacial score (nSPS) is 10.8. The van der Waals surface area contributed by atoms with Gasteiger partial charge in [-0.3, -0.25) is 9.36 Å². The van der Waals surface area contributed by atoms with Crippen LogP contribution in [0.2, 0.25) is 5.02 Å². The molecule has 0 spiro atoms. The van der Waals surface area contributed by atoms with Crippen LogP contribution in [-0.4, -0.2) is 37.2 Å². The number of carboxylic acid groups (broad SMARTS) is 1. The number of carboxylic acids is 1. The molecule has 150 valence electrons. The van der Waals surface area contributed by atoms with E-state index in [0.29, 0.717) is 21.9 Å². The van der Waals surface area contributed by atoms with E-state index >= 15 is 0 Å². The maximum atomic E-state index is 12.5. The minimum absolute atomic E-state index is 0.160. The van der Waals surface area contributed by atoms with E-state index in [0.717, 1.165) is 0 Å². The molecule has 0 saturated carbocycles. The molecule has 0 amide bonds. The summed E-state index contributed by atoms with van der Waals surface area (Å²) in [7, 11) is 0. The fraction of sp³-hybridized carbons (Fsp3) is 0.0952. The quantitative estimate of drug-likeness (QED) is 0.508. The number of fused-ring (bicyclic) bond motifs is 1. The molecule has 1 N–H and O–H groups in total. The van der Waals surface area contributed by atoms with Gasteiger partial charge in [-0.05, 0) is 35.9 Å². The van der Waals surface area contributed by atoms with Crippen LogP contribution in [0.15, 0.2) is 66.0 Å². The molecule has 9 heteroatoms. The van der Waals surface area contributed by atoms with Gasteiger partial charge in [-0.1, -0.05) is 23.7 Å². The second-order valence-corrected chi connectivity index (χ2v) is 6.78. The molecule has 0 saturated heterocycles. The lowest BCUT2D eigenvalue weighted by Gasteiger charge is -2.13. The number of benzene rings is 2. The Balaban J connectivity index is 1.58. The maximum absolute atomic E-state index is 12.5. The first-order valence-electron chi connectivity index (χ1n) is 8.95. The van der Waals surface area contributed by atoms with Crippen LogP contribution in [0.3, 0.4) is 0 Å². The molecule has 0 unspecified atom stereocenters. The van der Waals surface area contributed by atoms with Crippen LogP contribution in [0.5, 0.6) is 5.75 Å². The van der Waals surface area contributed by atoms with Crippen molar-refractivity contribution in [2.75, 3.05) is 6.61 Å². The summed E-state index contributed by atoms with van der Waals surface area (Å²) in [6, 6.07) is 11.6. The van der Waals surface area contributed by atoms with E-state index < -0.39 is 5.97 Å². The summed E-state index contributed by atoms with van der Waals surface area (Å²) in [5.74, 6) is -0.504. The van der Waals surface area contributed by atoms with Gasteiger partial charge in [0, 0.05) is 23.0 Å². The summed E-state index contributed by atoms with van der Waals surface area (Å²) < 4.78 is 7.29. The van der Waals surface area contributed by atoms with Gasteiger partial charge in [0.2, 0.25) is 0 Å². The molecule has 2 heterocycles. The first-order valence-corrected chi connectivity index (χ1v) is 9.33. The number of carbonyl (C=O) groups is 1. The molecule has 0 radical (unpaired) electrons. The van der Waals surface area contributed by atoms with E-state index in [2.05, 4.69) is 15.0 Å². The zero-order valence-electron chi connectivity index (χ0n) is 15.5. The molecule has 2 aromatic heterocycles. The van der Waals surface area contributed by atoms with Gasteiger partial charge in [0.05, 0.1) is 12.1 Å². The molecule has 2 aromatic carbocycles. The average Bonchev–Trinajstić information content (AvgIpc) is 2.76. The third-order valence-corrected chi connectivity index (χ3v) is 4.65. The second kappa shape index (κ2) is 8.30. The van der Waals surface area contributed by atoms with E-state index in [1.54, 1.807) is 36.4 Å². The Labute approximate surface area is 175 Å². The highest BCUT2D eigenvalue weighted by molar-refractivity contribution is 6.31. The number of rotatable bonds is 6. The SMILES string of the molecule is O=C(O)c1cccc(-c2cc(Cl)ccc2OCCn2cnc3nccnc3c2=O)c1. The van der Waals surface area contributed by atoms with E-state index in [9.17, 15) is 14.7 Å². The molecule has 4 rings (SSSR count). The maximum Gasteiger partial charge on any atom is 0.335 e. The molecule has 0 aliphatic rings. The molecular weight excluding hydrogens is 408 g/mol. The summed E-state index contributed by atoms with van der Waals surface area (Å²) in [5, 5.41) is 9.74. The van der Waals surface area contributed by atoms with Crippen LogP contribution < -0.4 is 10.3 Å². The van der Waals surface area contributed by atoms with Crippen molar-refractivity contribution in [2.24, 2.45) is 0 Å². The van der Waals surface area contributed by atoms with E-state index in [-0.39, 0.29) is 35.4 Å². The minimum Gasteiger partial charge on any atom is -0.491 e. The minimum atomic E-state index is -1.02. The van der Waals surface area contributed by atoms with Gasteiger partial charge in [-0.15, -0.1) is 0 Å². The first-order chi connectivity index (χ1) is 14.5. The number of hydrogen-bond acceptors (Lipinski definition) is 6. The number of halogens is 1. The number of nitrogens with zero attached hydrogens (tertiary/aromatic N) is 4. The highest BCUT2D eigenvalue weighted by Gasteiger charge is 2.11. The summed E-state index contributed by atoms with van der Waals surface area (Å²) >= 11 is 6.14. The predicted molar refractivity (Wildman–Crippen MR) is 111 cm³/mol. The van der Waals surface area contributed by atoms with Gasteiger partial charge in [0.1, 0.15) is 18.7 Å². The standard InChI is InChI=1S/C21H15ClN4O4/c22-15-4-5-17(16(11-15)13-2-1-3-14(10-13)21(28)29)30-9-8-26-12-25-19-18(20(26)27)23-6-7-24-19/h1-7,10-12H,8-9H2,(H,28,29). The molecule has 0 aliphatic heterocycles. The van der Waals surface area contributed by atoms with Crippen molar-refractivity contribution in [1.82, 2.24) is 19.5 Å². The van der Waals surface area contributed by atoms with Crippen molar-refractivity contribution < 1.29 is 14.6 Å². The van der Waals surface area contributed by atoms with Crippen molar-refractivity contribution >= 4 is 28.7 Å². The van der Waals surface area contributed by atoms with Crippen molar-refractivity contribution in [3.05, 3.63) is 82.1 Å². The Morgan fingerprint density at radius 1 is 1.10 bits per heavy atom. The van der Waals surface area contributed by atoms with Crippen LogP contribution >= 0.6 is 11.6 Å². The average molecular weight is 423 g/mol. The van der Waals surface area contributed by atoms with Crippen LogP contribution in [0, 0.1) is 0 Å². The number of aromatic nitrogens is 4. The van der Waals surface area contributed by atoms with Crippen LogP contribution in [-0.2, 0) is 6.54 Å². The molecule has 0 aliphatic carbocycles.